The molecule has 0 radical (unpaired) electrons. The number of aromatic carboxylic acids is 1. The van der Waals surface area contributed by atoms with Crippen LogP contribution in [0.5, 0.6) is 5.75 Å². The molecule has 9 nitrogen and oxygen atoms in total. The summed E-state index contributed by atoms with van der Waals surface area (Å²) >= 11 is 0. The third kappa shape index (κ3) is 3.22. The van der Waals surface area contributed by atoms with Crippen molar-refractivity contribution in [2.75, 3.05) is 0 Å². The predicted molar refractivity (Wildman–Crippen MR) is 90.5 cm³/mol. The Hall–Kier alpha value is -3.75. The van der Waals surface area contributed by atoms with Crippen LogP contribution in [-0.2, 0) is 11.2 Å². The minimum Gasteiger partial charge on any atom is -0.504 e. The molecular formula is C17H14N4O5. The summed E-state index contributed by atoms with van der Waals surface area (Å²) in [5.41, 5.74) is 1.39. The maximum Gasteiger partial charge on any atom is 0.335 e. The number of pyridine rings is 1. The van der Waals surface area contributed by atoms with Crippen LogP contribution < -0.4 is 0 Å². The molecule has 0 fully saturated rings. The van der Waals surface area contributed by atoms with E-state index in [0.29, 0.717) is 11.3 Å². The van der Waals surface area contributed by atoms with Gasteiger partial charge in [-0.25, -0.2) is 9.78 Å². The zero-order valence-corrected chi connectivity index (χ0v) is 13.6. The highest BCUT2D eigenvalue weighted by atomic mass is 16.4. The molecule has 132 valence electrons. The van der Waals surface area contributed by atoms with Crippen molar-refractivity contribution in [1.29, 1.82) is 0 Å². The number of azo groups is 1. The van der Waals surface area contributed by atoms with Gasteiger partial charge in [0, 0.05) is 6.20 Å². The Kier molecular flexibility index (Phi) is 4.36. The lowest BCUT2D eigenvalue weighted by atomic mass is 10.1. The molecule has 0 bridgehead atoms. The molecule has 2 aromatic heterocycles. The van der Waals surface area contributed by atoms with Crippen LogP contribution in [-0.4, -0.2) is 36.6 Å². The molecule has 0 atom stereocenters. The number of rotatable bonds is 5. The lowest BCUT2D eigenvalue weighted by molar-refractivity contribution is -0.136. The van der Waals surface area contributed by atoms with Crippen molar-refractivity contribution < 1.29 is 24.9 Å². The molecule has 0 spiro atoms. The lowest BCUT2D eigenvalue weighted by Crippen LogP contribution is -2.00. The number of carboxylic acid groups (broad SMARTS) is 2. The van der Waals surface area contributed by atoms with Crippen LogP contribution in [0.4, 0.5) is 11.5 Å². The maximum absolute atomic E-state index is 11.1. The van der Waals surface area contributed by atoms with Crippen molar-refractivity contribution in [3.8, 4) is 5.75 Å². The summed E-state index contributed by atoms with van der Waals surface area (Å²) in [7, 11) is 0. The molecular weight excluding hydrogens is 340 g/mol. The van der Waals surface area contributed by atoms with Gasteiger partial charge in [0.2, 0.25) is 0 Å². The number of carbonyl (C=O) groups is 2. The number of hydrogen-bond donors (Lipinski definition) is 3. The number of imidazole rings is 1. The second-order valence-corrected chi connectivity index (χ2v) is 5.55. The van der Waals surface area contributed by atoms with Crippen LogP contribution >= 0.6 is 0 Å². The van der Waals surface area contributed by atoms with Gasteiger partial charge >= 0.3 is 11.9 Å². The molecule has 0 aliphatic carbocycles. The topological polar surface area (TPSA) is 137 Å². The normalized spacial score (nSPS) is 11.3. The summed E-state index contributed by atoms with van der Waals surface area (Å²) in [6.45, 7) is 1.75. The summed E-state index contributed by atoms with van der Waals surface area (Å²) in [5, 5.41) is 36.2. The fourth-order valence-corrected chi connectivity index (χ4v) is 2.41. The third-order valence-electron chi connectivity index (χ3n) is 3.70. The molecule has 0 saturated carbocycles. The number of aryl methyl sites for hydroxylation is 1. The molecule has 0 amide bonds. The maximum atomic E-state index is 11.1. The van der Waals surface area contributed by atoms with Crippen molar-refractivity contribution in [2.45, 2.75) is 13.3 Å². The number of hydrogen-bond acceptors (Lipinski definition) is 6. The Balaban J connectivity index is 2.12. The van der Waals surface area contributed by atoms with E-state index in [1.807, 2.05) is 0 Å². The standard InChI is InChI=1S/C17H14N4O5/c1-9-4-5-10(17(25)26)7-11(9)19-20-15-12(8-14(23)24)18-16-13(22)3-2-6-21(15)16/h2-7,22H,8H2,1H3,(H,23,24)(H,25,26). The smallest absolute Gasteiger partial charge is 0.335 e. The first kappa shape index (κ1) is 17.1. The fourth-order valence-electron chi connectivity index (χ4n) is 2.41. The summed E-state index contributed by atoms with van der Waals surface area (Å²) in [5.74, 6) is -2.16. The molecule has 3 rings (SSSR count). The molecule has 26 heavy (non-hydrogen) atoms. The Bertz CT molecular complexity index is 1050. The van der Waals surface area contributed by atoms with Crippen molar-refractivity contribution in [3.05, 3.63) is 53.3 Å². The Labute approximate surface area is 146 Å². The second-order valence-electron chi connectivity index (χ2n) is 5.55. The quantitative estimate of drug-likeness (QED) is 0.602. The molecule has 3 aromatic rings. The average Bonchev–Trinajstić information content (AvgIpc) is 2.92. The van der Waals surface area contributed by atoms with E-state index in [0.717, 1.165) is 0 Å². The van der Waals surface area contributed by atoms with Gasteiger partial charge in [-0.2, -0.15) is 0 Å². The molecule has 1 aromatic carbocycles. The van der Waals surface area contributed by atoms with Crippen LogP contribution in [0.2, 0.25) is 0 Å². The molecule has 0 unspecified atom stereocenters. The van der Waals surface area contributed by atoms with Gasteiger partial charge in [-0.1, -0.05) is 6.07 Å². The van der Waals surface area contributed by atoms with Gasteiger partial charge in [0.05, 0.1) is 23.4 Å². The van der Waals surface area contributed by atoms with Gasteiger partial charge < -0.3 is 15.3 Å². The van der Waals surface area contributed by atoms with Gasteiger partial charge in [-0.15, -0.1) is 10.2 Å². The van der Waals surface area contributed by atoms with Crippen molar-refractivity contribution in [3.63, 3.8) is 0 Å². The Morgan fingerprint density at radius 3 is 2.65 bits per heavy atom. The number of nitrogens with zero attached hydrogens (tertiary/aromatic N) is 4. The summed E-state index contributed by atoms with van der Waals surface area (Å²) in [4.78, 5) is 26.3. The van der Waals surface area contributed by atoms with Crippen LogP contribution in [0.25, 0.3) is 5.65 Å². The fraction of sp³-hybridized carbons (Fsp3) is 0.118. The van der Waals surface area contributed by atoms with Crippen molar-refractivity contribution >= 4 is 29.1 Å². The van der Waals surface area contributed by atoms with E-state index in [1.54, 1.807) is 25.3 Å². The monoisotopic (exact) mass is 354 g/mol. The lowest BCUT2D eigenvalue weighted by Gasteiger charge is -2.02. The first-order valence-electron chi connectivity index (χ1n) is 7.53. The van der Waals surface area contributed by atoms with Crippen LogP contribution in [0.15, 0.2) is 46.8 Å². The number of aliphatic carboxylic acids is 1. The van der Waals surface area contributed by atoms with E-state index >= 15 is 0 Å². The number of aromatic hydroxyl groups is 1. The van der Waals surface area contributed by atoms with E-state index in [2.05, 4.69) is 15.2 Å². The highest BCUT2D eigenvalue weighted by molar-refractivity contribution is 5.88. The molecule has 9 heteroatoms. The van der Waals surface area contributed by atoms with Gasteiger partial charge in [0.15, 0.2) is 17.2 Å². The molecule has 3 N–H and O–H groups in total. The minimum atomic E-state index is -1.10. The number of benzene rings is 1. The summed E-state index contributed by atoms with van der Waals surface area (Å²) < 4.78 is 1.42. The minimum absolute atomic E-state index is 0.0612. The van der Waals surface area contributed by atoms with E-state index in [1.165, 1.54) is 22.6 Å². The molecule has 0 saturated heterocycles. The highest BCUT2D eigenvalue weighted by Crippen LogP contribution is 2.29. The summed E-state index contributed by atoms with van der Waals surface area (Å²) in [6, 6.07) is 7.42. The Morgan fingerprint density at radius 1 is 1.19 bits per heavy atom. The van der Waals surface area contributed by atoms with Gasteiger partial charge in [-0.3, -0.25) is 9.20 Å². The van der Waals surface area contributed by atoms with Gasteiger partial charge in [0.25, 0.3) is 0 Å². The van der Waals surface area contributed by atoms with Crippen molar-refractivity contribution in [2.24, 2.45) is 10.2 Å². The zero-order chi connectivity index (χ0) is 18.8. The van der Waals surface area contributed by atoms with E-state index in [4.69, 9.17) is 10.2 Å². The predicted octanol–water partition coefficient (Wildman–Crippen LogP) is 3.09. The SMILES string of the molecule is Cc1ccc(C(=O)O)cc1N=Nc1c(CC(=O)O)nc2c(O)cccn12. The first-order chi connectivity index (χ1) is 12.4. The zero-order valence-electron chi connectivity index (χ0n) is 13.6. The van der Waals surface area contributed by atoms with Crippen LogP contribution in [0.3, 0.4) is 0 Å². The van der Waals surface area contributed by atoms with Crippen LogP contribution in [0, 0.1) is 6.92 Å². The largest absolute Gasteiger partial charge is 0.504 e. The summed E-state index contributed by atoms with van der Waals surface area (Å²) in [6.07, 6.45) is 1.17. The van der Waals surface area contributed by atoms with E-state index in [-0.39, 0.29) is 28.5 Å². The Morgan fingerprint density at radius 2 is 1.96 bits per heavy atom. The number of fused-ring (bicyclic) bond motifs is 1. The van der Waals surface area contributed by atoms with Crippen LogP contribution in [0.1, 0.15) is 21.6 Å². The molecule has 0 aliphatic rings. The number of carboxylic acids is 2. The van der Waals surface area contributed by atoms with Gasteiger partial charge in [0.1, 0.15) is 0 Å². The average molecular weight is 354 g/mol. The van der Waals surface area contributed by atoms with E-state index in [9.17, 15) is 14.7 Å². The van der Waals surface area contributed by atoms with Gasteiger partial charge in [-0.05, 0) is 36.8 Å². The highest BCUT2D eigenvalue weighted by Gasteiger charge is 2.17. The van der Waals surface area contributed by atoms with E-state index < -0.39 is 18.4 Å². The number of aromatic nitrogens is 2. The first-order valence-corrected chi connectivity index (χ1v) is 7.53. The van der Waals surface area contributed by atoms with Crippen molar-refractivity contribution in [1.82, 2.24) is 9.38 Å². The molecule has 2 heterocycles. The second kappa shape index (κ2) is 6.63. The third-order valence-corrected chi connectivity index (χ3v) is 3.70. The molecule has 0 aliphatic heterocycles.